The number of fused-ring (bicyclic) bond motifs is 1. The van der Waals surface area contributed by atoms with Crippen molar-refractivity contribution in [2.45, 2.75) is 12.2 Å². The van der Waals surface area contributed by atoms with Crippen molar-refractivity contribution in [1.29, 1.82) is 0 Å². The van der Waals surface area contributed by atoms with Gasteiger partial charge in [-0.25, -0.2) is 15.0 Å². The quantitative estimate of drug-likeness (QED) is 0.609. The van der Waals surface area contributed by atoms with E-state index in [0.717, 1.165) is 11.2 Å². The van der Waals surface area contributed by atoms with Crippen LogP contribution in [0.3, 0.4) is 0 Å². The van der Waals surface area contributed by atoms with Gasteiger partial charge in [-0.05, 0) is 0 Å². The Hall–Kier alpha value is -3.31. The van der Waals surface area contributed by atoms with E-state index in [1.165, 1.54) is 26.6 Å². The maximum Gasteiger partial charge on any atom is 0.412 e. The van der Waals surface area contributed by atoms with Crippen LogP contribution in [0.5, 0.6) is 11.5 Å². The fraction of sp³-hybridized carbons (Fsp3) is 0.333. The summed E-state index contributed by atoms with van der Waals surface area (Å²) in [6.07, 6.45) is -0.614. The number of likely N-dealkylation sites (N-methyl/N-ethyl adjacent to an activating group) is 1. The van der Waals surface area contributed by atoms with Gasteiger partial charge in [0.1, 0.15) is 6.61 Å². The van der Waals surface area contributed by atoms with Crippen LogP contribution < -0.4 is 25.4 Å². The Bertz CT molecular complexity index is 860. The first-order valence-corrected chi connectivity index (χ1v) is 7.68. The molecule has 3 rings (SSSR count). The molecular formula is C15H16F3N7O2. The van der Waals surface area contributed by atoms with Crippen LogP contribution in [-0.4, -0.2) is 54.3 Å². The summed E-state index contributed by atoms with van der Waals surface area (Å²) in [5.74, 6) is 0.901. The Balaban J connectivity index is 1.87. The molecule has 0 spiro atoms. The molecule has 144 valence electrons. The standard InChI is InChI=1S/C15H16F3N7O2/c1-25-11(15(16,17)18)6-27-10-5-21-14(24-13(10)25)23-8-3-9(26-2)12(20-4-8)22-7-19/h3-5,7,11H,6H2,1-2H3,(H2,19,20,22)(H,21,23,24). The molecule has 3 heterocycles. The molecule has 0 saturated carbocycles. The molecule has 2 aromatic heterocycles. The van der Waals surface area contributed by atoms with Crippen molar-refractivity contribution >= 4 is 29.6 Å². The van der Waals surface area contributed by atoms with Crippen molar-refractivity contribution in [3.05, 3.63) is 18.5 Å². The van der Waals surface area contributed by atoms with Crippen LogP contribution in [0.1, 0.15) is 0 Å². The van der Waals surface area contributed by atoms with E-state index in [1.807, 2.05) is 0 Å². The number of ether oxygens (including phenoxy) is 2. The SMILES string of the molecule is COc1cc(Nc2ncc3c(n2)N(C)C(C(F)(F)F)CO3)cnc1N=CN. The van der Waals surface area contributed by atoms with Gasteiger partial charge in [0.15, 0.2) is 29.2 Å². The molecule has 1 atom stereocenters. The molecule has 27 heavy (non-hydrogen) atoms. The second-order valence-electron chi connectivity index (χ2n) is 5.51. The average Bonchev–Trinajstić information content (AvgIpc) is 2.63. The summed E-state index contributed by atoms with van der Waals surface area (Å²) in [5.41, 5.74) is 5.70. The summed E-state index contributed by atoms with van der Waals surface area (Å²) in [7, 11) is 2.75. The zero-order valence-corrected chi connectivity index (χ0v) is 14.4. The van der Waals surface area contributed by atoms with Crippen LogP contribution in [-0.2, 0) is 0 Å². The van der Waals surface area contributed by atoms with E-state index in [-0.39, 0.29) is 23.3 Å². The van der Waals surface area contributed by atoms with Gasteiger partial charge in [0.2, 0.25) is 5.95 Å². The topological polar surface area (TPSA) is 111 Å². The number of nitrogens with one attached hydrogen (secondary N) is 1. The first-order chi connectivity index (χ1) is 12.8. The Morgan fingerprint density at radius 1 is 1.41 bits per heavy atom. The summed E-state index contributed by atoms with van der Waals surface area (Å²) in [6.45, 7) is -0.520. The Morgan fingerprint density at radius 3 is 2.85 bits per heavy atom. The molecule has 0 saturated heterocycles. The third-order valence-corrected chi connectivity index (χ3v) is 3.82. The summed E-state index contributed by atoms with van der Waals surface area (Å²) in [6, 6.07) is -0.209. The van der Waals surface area contributed by atoms with Gasteiger partial charge in [0.05, 0.1) is 31.5 Å². The number of pyridine rings is 1. The first-order valence-electron chi connectivity index (χ1n) is 7.68. The first kappa shape index (κ1) is 18.5. The van der Waals surface area contributed by atoms with E-state index in [4.69, 9.17) is 15.2 Å². The van der Waals surface area contributed by atoms with Crippen LogP contribution in [0.4, 0.5) is 36.4 Å². The van der Waals surface area contributed by atoms with Gasteiger partial charge in [-0.3, -0.25) is 0 Å². The molecule has 0 aliphatic carbocycles. The van der Waals surface area contributed by atoms with E-state index < -0.39 is 18.8 Å². The highest BCUT2D eigenvalue weighted by molar-refractivity contribution is 5.65. The monoisotopic (exact) mass is 383 g/mol. The third kappa shape index (κ3) is 3.78. The maximum atomic E-state index is 13.1. The second kappa shape index (κ2) is 7.13. The fourth-order valence-electron chi connectivity index (χ4n) is 2.47. The molecule has 1 unspecified atom stereocenters. The Labute approximate surface area is 152 Å². The lowest BCUT2D eigenvalue weighted by atomic mass is 10.2. The molecule has 2 aromatic rings. The highest BCUT2D eigenvalue weighted by Crippen LogP contribution is 2.37. The summed E-state index contributed by atoms with van der Waals surface area (Å²) < 4.78 is 49.6. The zero-order chi connectivity index (χ0) is 19.6. The van der Waals surface area contributed by atoms with Crippen molar-refractivity contribution in [2.24, 2.45) is 10.7 Å². The number of nitrogens with zero attached hydrogens (tertiary/aromatic N) is 5. The number of aliphatic imine (C=N–C) groups is 1. The van der Waals surface area contributed by atoms with Crippen LogP contribution in [0.25, 0.3) is 0 Å². The molecule has 0 radical (unpaired) electrons. The molecule has 1 aliphatic heterocycles. The highest BCUT2D eigenvalue weighted by atomic mass is 19.4. The van der Waals surface area contributed by atoms with Gasteiger partial charge in [-0.2, -0.15) is 18.2 Å². The largest absolute Gasteiger partial charge is 0.493 e. The smallest absolute Gasteiger partial charge is 0.412 e. The van der Waals surface area contributed by atoms with Crippen molar-refractivity contribution in [3.63, 3.8) is 0 Å². The zero-order valence-electron chi connectivity index (χ0n) is 14.4. The summed E-state index contributed by atoms with van der Waals surface area (Å²) >= 11 is 0. The van der Waals surface area contributed by atoms with Gasteiger partial charge >= 0.3 is 6.18 Å². The highest BCUT2D eigenvalue weighted by Gasteiger charge is 2.46. The number of hydrogen-bond acceptors (Lipinski definition) is 8. The van der Waals surface area contributed by atoms with Crippen LogP contribution >= 0.6 is 0 Å². The summed E-state index contributed by atoms with van der Waals surface area (Å²) in [5, 5.41) is 2.86. The maximum absolute atomic E-state index is 13.1. The minimum Gasteiger partial charge on any atom is -0.493 e. The number of methoxy groups -OCH3 is 1. The molecule has 1 aliphatic rings. The number of hydrogen-bond donors (Lipinski definition) is 2. The number of alkyl halides is 3. The van der Waals surface area contributed by atoms with E-state index in [2.05, 4.69) is 25.3 Å². The lowest BCUT2D eigenvalue weighted by molar-refractivity contribution is -0.155. The van der Waals surface area contributed by atoms with Crippen molar-refractivity contribution < 1.29 is 22.6 Å². The lowest BCUT2D eigenvalue weighted by Gasteiger charge is -2.35. The number of halogens is 3. The number of anilines is 3. The minimum atomic E-state index is -4.44. The van der Waals surface area contributed by atoms with Crippen molar-refractivity contribution in [2.75, 3.05) is 31.0 Å². The van der Waals surface area contributed by atoms with Crippen LogP contribution in [0.2, 0.25) is 0 Å². The predicted molar refractivity (Wildman–Crippen MR) is 92.2 cm³/mol. The van der Waals surface area contributed by atoms with Gasteiger partial charge in [-0.1, -0.05) is 0 Å². The molecule has 0 bridgehead atoms. The van der Waals surface area contributed by atoms with E-state index in [0.29, 0.717) is 11.4 Å². The predicted octanol–water partition coefficient (Wildman–Crippen LogP) is 2.00. The molecule has 9 nitrogen and oxygen atoms in total. The molecule has 0 fully saturated rings. The van der Waals surface area contributed by atoms with Gasteiger partial charge < -0.3 is 25.4 Å². The second-order valence-corrected chi connectivity index (χ2v) is 5.51. The average molecular weight is 383 g/mol. The third-order valence-electron chi connectivity index (χ3n) is 3.82. The van der Waals surface area contributed by atoms with Crippen LogP contribution in [0, 0.1) is 0 Å². The Kier molecular flexibility index (Phi) is 4.88. The van der Waals surface area contributed by atoms with Gasteiger partial charge in [0, 0.05) is 13.1 Å². The van der Waals surface area contributed by atoms with Crippen molar-refractivity contribution in [3.8, 4) is 11.5 Å². The van der Waals surface area contributed by atoms with E-state index in [1.54, 1.807) is 6.07 Å². The number of rotatable bonds is 4. The van der Waals surface area contributed by atoms with Gasteiger partial charge in [-0.15, -0.1) is 0 Å². The normalized spacial score (nSPS) is 16.8. The summed E-state index contributed by atoms with van der Waals surface area (Å²) in [4.78, 5) is 17.1. The molecule has 3 N–H and O–H groups in total. The number of nitrogens with two attached hydrogens (primary N) is 1. The molecular weight excluding hydrogens is 367 g/mol. The van der Waals surface area contributed by atoms with E-state index in [9.17, 15) is 13.2 Å². The minimum absolute atomic E-state index is 0.0327. The Morgan fingerprint density at radius 2 is 2.19 bits per heavy atom. The van der Waals surface area contributed by atoms with Gasteiger partial charge in [0.25, 0.3) is 0 Å². The molecule has 12 heteroatoms. The molecule has 0 amide bonds. The fourth-order valence-corrected chi connectivity index (χ4v) is 2.47. The van der Waals surface area contributed by atoms with Crippen LogP contribution in [0.15, 0.2) is 23.5 Å². The lowest BCUT2D eigenvalue weighted by Crippen LogP contribution is -2.50. The van der Waals surface area contributed by atoms with E-state index >= 15 is 0 Å². The van der Waals surface area contributed by atoms with Crippen molar-refractivity contribution in [1.82, 2.24) is 15.0 Å². The number of aromatic nitrogens is 3. The molecule has 0 aromatic carbocycles.